The number of nitrogens with zero attached hydrogens (tertiary/aromatic N) is 1. The van der Waals surface area contributed by atoms with Crippen molar-refractivity contribution in [2.24, 2.45) is 5.92 Å². The highest BCUT2D eigenvalue weighted by atomic mass is 35.5. The molecule has 0 spiro atoms. The summed E-state index contributed by atoms with van der Waals surface area (Å²) >= 11 is 8.01. The lowest BCUT2D eigenvalue weighted by Gasteiger charge is -2.32. The number of carbonyl (C=O) groups is 1. The normalized spacial score (nSPS) is 17.0. The number of hydrogen-bond donors (Lipinski definition) is 1. The molecule has 4 rings (SSSR count). The van der Waals surface area contributed by atoms with Crippen molar-refractivity contribution in [2.75, 3.05) is 25.4 Å². The van der Waals surface area contributed by atoms with Gasteiger partial charge in [0.15, 0.2) is 0 Å². The molecule has 0 bridgehead atoms. The van der Waals surface area contributed by atoms with Crippen LogP contribution < -0.4 is 5.32 Å². The maximum Gasteiger partial charge on any atom is 0.224 e. The van der Waals surface area contributed by atoms with E-state index in [0.717, 1.165) is 54.6 Å². The summed E-state index contributed by atoms with van der Waals surface area (Å²) < 4.78 is 0. The van der Waals surface area contributed by atoms with Crippen LogP contribution >= 0.6 is 23.4 Å². The van der Waals surface area contributed by atoms with Crippen molar-refractivity contribution in [2.45, 2.75) is 25.1 Å². The first kappa shape index (κ1) is 22.2. The molecule has 1 saturated heterocycles. The first-order chi connectivity index (χ1) is 15.2. The van der Waals surface area contributed by atoms with Gasteiger partial charge in [-0.1, -0.05) is 72.3 Å². The number of benzene rings is 3. The van der Waals surface area contributed by atoms with Gasteiger partial charge < -0.3 is 5.32 Å². The van der Waals surface area contributed by atoms with Crippen LogP contribution in [0.5, 0.6) is 0 Å². The summed E-state index contributed by atoms with van der Waals surface area (Å²) in [7, 11) is 0. The van der Waals surface area contributed by atoms with Crippen LogP contribution in [-0.4, -0.2) is 36.2 Å². The van der Waals surface area contributed by atoms with Crippen LogP contribution in [-0.2, 0) is 17.1 Å². The zero-order valence-corrected chi connectivity index (χ0v) is 19.3. The average molecular weight is 453 g/mol. The van der Waals surface area contributed by atoms with Crippen molar-refractivity contribution in [3.63, 3.8) is 0 Å². The summed E-state index contributed by atoms with van der Waals surface area (Å²) in [5, 5.41) is 6.55. The van der Waals surface area contributed by atoms with E-state index in [1.165, 1.54) is 16.3 Å². The van der Waals surface area contributed by atoms with Crippen LogP contribution in [0.25, 0.3) is 10.8 Å². The maximum atomic E-state index is 12.7. The van der Waals surface area contributed by atoms with Crippen molar-refractivity contribution in [1.29, 1.82) is 0 Å². The van der Waals surface area contributed by atoms with Gasteiger partial charge >= 0.3 is 0 Å². The van der Waals surface area contributed by atoms with Crippen LogP contribution in [0.2, 0.25) is 5.02 Å². The molecular weight excluding hydrogens is 424 g/mol. The smallest absolute Gasteiger partial charge is 0.224 e. The fourth-order valence-electron chi connectivity index (χ4n) is 4.27. The molecule has 0 radical (unpaired) electrons. The molecule has 31 heavy (non-hydrogen) atoms. The molecule has 1 N–H and O–H groups in total. The van der Waals surface area contributed by atoms with E-state index in [-0.39, 0.29) is 11.8 Å². The van der Waals surface area contributed by atoms with Crippen LogP contribution in [0.4, 0.5) is 0 Å². The van der Waals surface area contributed by atoms with Gasteiger partial charge in [0.05, 0.1) is 5.92 Å². The van der Waals surface area contributed by atoms with Crippen molar-refractivity contribution in [3.8, 4) is 0 Å². The SMILES string of the molecule is O=C(NCCSCc1ccccc1Cl)C1CCCN(Cc2cccc3ccccc23)C1. The predicted octanol–water partition coefficient (Wildman–Crippen LogP) is 5.75. The van der Waals surface area contributed by atoms with E-state index in [1.54, 1.807) is 11.8 Å². The second-order valence-corrected chi connectivity index (χ2v) is 9.66. The average Bonchev–Trinajstić information content (AvgIpc) is 2.80. The van der Waals surface area contributed by atoms with Crippen molar-refractivity contribution < 1.29 is 4.79 Å². The molecule has 1 fully saturated rings. The van der Waals surface area contributed by atoms with Gasteiger partial charge in [0.1, 0.15) is 0 Å². The second-order valence-electron chi connectivity index (χ2n) is 8.15. The lowest BCUT2D eigenvalue weighted by molar-refractivity contribution is -0.126. The van der Waals surface area contributed by atoms with Crippen LogP contribution in [0, 0.1) is 5.92 Å². The quantitative estimate of drug-likeness (QED) is 0.441. The van der Waals surface area contributed by atoms with E-state index >= 15 is 0 Å². The second kappa shape index (κ2) is 11.0. The Hall–Kier alpha value is -2.01. The fraction of sp³-hybridized carbons (Fsp3) is 0.346. The largest absolute Gasteiger partial charge is 0.355 e. The topological polar surface area (TPSA) is 32.3 Å². The van der Waals surface area contributed by atoms with Crippen molar-refractivity contribution >= 4 is 40.0 Å². The van der Waals surface area contributed by atoms with Crippen LogP contribution in [0.1, 0.15) is 24.0 Å². The van der Waals surface area contributed by atoms with Gasteiger partial charge in [0.2, 0.25) is 5.91 Å². The molecule has 1 amide bonds. The van der Waals surface area contributed by atoms with Crippen molar-refractivity contribution in [3.05, 3.63) is 82.9 Å². The Morgan fingerprint density at radius 3 is 2.71 bits per heavy atom. The molecule has 3 nitrogen and oxygen atoms in total. The summed E-state index contributed by atoms with van der Waals surface area (Å²) in [6.45, 7) is 3.50. The molecule has 1 unspecified atom stereocenters. The first-order valence-corrected chi connectivity index (χ1v) is 12.5. The van der Waals surface area contributed by atoms with E-state index in [0.29, 0.717) is 6.54 Å². The molecular formula is C26H29ClN2OS. The summed E-state index contributed by atoms with van der Waals surface area (Å²) in [4.78, 5) is 15.2. The van der Waals surface area contributed by atoms with E-state index in [1.807, 2.05) is 18.2 Å². The number of likely N-dealkylation sites (tertiary alicyclic amines) is 1. The maximum absolute atomic E-state index is 12.7. The minimum atomic E-state index is 0.0808. The Kier molecular flexibility index (Phi) is 7.90. The molecule has 5 heteroatoms. The Bertz CT molecular complexity index is 1020. The van der Waals surface area contributed by atoms with E-state index in [2.05, 4.69) is 58.7 Å². The third-order valence-electron chi connectivity index (χ3n) is 5.91. The Balaban J connectivity index is 1.23. The van der Waals surface area contributed by atoms with Crippen molar-refractivity contribution in [1.82, 2.24) is 10.2 Å². The summed E-state index contributed by atoms with van der Waals surface area (Å²) in [5.74, 6) is 2.04. The molecule has 162 valence electrons. The van der Waals surface area contributed by atoms with Gasteiger partial charge in [0.25, 0.3) is 0 Å². The molecule has 3 aromatic rings. The molecule has 1 aliphatic rings. The monoisotopic (exact) mass is 452 g/mol. The number of nitrogens with one attached hydrogen (secondary N) is 1. The lowest BCUT2D eigenvalue weighted by Crippen LogP contribution is -2.43. The number of hydrogen-bond acceptors (Lipinski definition) is 3. The number of fused-ring (bicyclic) bond motifs is 1. The van der Waals surface area contributed by atoms with Gasteiger partial charge in [-0.2, -0.15) is 11.8 Å². The van der Waals surface area contributed by atoms with E-state index in [4.69, 9.17) is 11.6 Å². The van der Waals surface area contributed by atoms with Gasteiger partial charge in [-0.15, -0.1) is 0 Å². The van der Waals surface area contributed by atoms with Gasteiger partial charge in [0, 0.05) is 36.2 Å². The summed E-state index contributed by atoms with van der Waals surface area (Å²) in [5.41, 5.74) is 2.49. The van der Waals surface area contributed by atoms with E-state index < -0.39 is 0 Å². The highest BCUT2D eigenvalue weighted by molar-refractivity contribution is 7.98. The zero-order valence-electron chi connectivity index (χ0n) is 17.7. The highest BCUT2D eigenvalue weighted by Crippen LogP contribution is 2.24. The van der Waals surface area contributed by atoms with Gasteiger partial charge in [-0.3, -0.25) is 9.69 Å². The number of thioether (sulfide) groups is 1. The Morgan fingerprint density at radius 1 is 1.03 bits per heavy atom. The summed E-state index contributed by atoms with van der Waals surface area (Å²) in [6, 6.07) is 23.0. The molecule has 1 aliphatic heterocycles. The van der Waals surface area contributed by atoms with Gasteiger partial charge in [-0.05, 0) is 47.4 Å². The predicted molar refractivity (Wildman–Crippen MR) is 133 cm³/mol. The number of amides is 1. The molecule has 0 saturated carbocycles. The number of carbonyl (C=O) groups excluding carboxylic acids is 1. The number of halogens is 1. The minimum Gasteiger partial charge on any atom is -0.355 e. The highest BCUT2D eigenvalue weighted by Gasteiger charge is 2.25. The fourth-order valence-corrected chi connectivity index (χ4v) is 5.42. The van der Waals surface area contributed by atoms with Crippen LogP contribution in [0.3, 0.4) is 0 Å². The zero-order chi connectivity index (χ0) is 21.5. The number of piperidine rings is 1. The standard InChI is InChI=1S/C26H29ClN2OS/c27-25-13-4-2-8-23(25)19-31-16-14-28-26(30)22-11-6-15-29(18-22)17-21-10-5-9-20-7-1-3-12-24(20)21/h1-5,7-10,12-13,22H,6,11,14-19H2,(H,28,30). The Morgan fingerprint density at radius 2 is 1.81 bits per heavy atom. The molecule has 0 aliphatic carbocycles. The molecule has 1 heterocycles. The summed E-state index contributed by atoms with van der Waals surface area (Å²) in [6.07, 6.45) is 2.05. The molecule has 0 aromatic heterocycles. The molecule has 3 aromatic carbocycles. The van der Waals surface area contributed by atoms with Crippen LogP contribution in [0.15, 0.2) is 66.7 Å². The molecule has 1 atom stereocenters. The lowest BCUT2D eigenvalue weighted by atomic mass is 9.96. The minimum absolute atomic E-state index is 0.0808. The van der Waals surface area contributed by atoms with E-state index in [9.17, 15) is 4.79 Å². The Labute approximate surface area is 194 Å². The third-order valence-corrected chi connectivity index (χ3v) is 7.29. The van der Waals surface area contributed by atoms with Gasteiger partial charge in [-0.25, -0.2) is 0 Å². The first-order valence-electron chi connectivity index (χ1n) is 11.0. The third kappa shape index (κ3) is 6.03. The number of rotatable bonds is 8.